The topological polar surface area (TPSA) is 35.2 Å². The molecule has 19 heavy (non-hydrogen) atoms. The van der Waals surface area contributed by atoms with Gasteiger partial charge in [-0.15, -0.1) is 0 Å². The number of ether oxygens (including phenoxy) is 1. The highest BCUT2D eigenvalue weighted by Gasteiger charge is 2.07. The van der Waals surface area contributed by atoms with E-state index in [0.717, 1.165) is 20.9 Å². The summed E-state index contributed by atoms with van der Waals surface area (Å²) in [6.07, 6.45) is 0.784. The van der Waals surface area contributed by atoms with Crippen LogP contribution in [-0.4, -0.2) is 6.54 Å². The molecule has 0 fully saturated rings. The van der Waals surface area contributed by atoms with Crippen LogP contribution in [0.2, 0.25) is 0 Å². The van der Waals surface area contributed by atoms with Crippen molar-refractivity contribution in [1.29, 1.82) is 0 Å². The van der Waals surface area contributed by atoms with E-state index in [4.69, 9.17) is 10.5 Å². The summed E-state index contributed by atoms with van der Waals surface area (Å²) in [4.78, 5) is 0. The molecular weight excluding hydrogens is 377 g/mol. The van der Waals surface area contributed by atoms with Crippen molar-refractivity contribution in [3.63, 3.8) is 0 Å². The van der Waals surface area contributed by atoms with Crippen LogP contribution in [-0.2, 0) is 6.42 Å². The highest BCUT2D eigenvalue weighted by atomic mass is 79.9. The van der Waals surface area contributed by atoms with Gasteiger partial charge in [0.15, 0.2) is 11.6 Å². The second-order valence-corrected chi connectivity index (χ2v) is 5.74. The van der Waals surface area contributed by atoms with E-state index in [-0.39, 0.29) is 5.75 Å². The Morgan fingerprint density at radius 2 is 1.89 bits per heavy atom. The van der Waals surface area contributed by atoms with Crippen molar-refractivity contribution in [3.05, 3.63) is 56.7 Å². The van der Waals surface area contributed by atoms with E-state index in [1.807, 2.05) is 12.1 Å². The third-order valence-electron chi connectivity index (χ3n) is 2.56. The van der Waals surface area contributed by atoms with Gasteiger partial charge in [0.2, 0.25) is 0 Å². The van der Waals surface area contributed by atoms with Gasteiger partial charge in [-0.25, -0.2) is 4.39 Å². The molecule has 2 aromatic carbocycles. The average molecular weight is 389 g/mol. The van der Waals surface area contributed by atoms with Crippen LogP contribution >= 0.6 is 31.9 Å². The van der Waals surface area contributed by atoms with Gasteiger partial charge in [0.05, 0.1) is 0 Å². The van der Waals surface area contributed by atoms with Gasteiger partial charge in [0.1, 0.15) is 5.75 Å². The highest BCUT2D eigenvalue weighted by Crippen LogP contribution is 2.30. The summed E-state index contributed by atoms with van der Waals surface area (Å²) in [6.45, 7) is 0.582. The van der Waals surface area contributed by atoms with Gasteiger partial charge >= 0.3 is 0 Å². The van der Waals surface area contributed by atoms with Crippen molar-refractivity contribution in [2.75, 3.05) is 6.54 Å². The number of benzene rings is 2. The first-order valence-corrected chi connectivity index (χ1v) is 7.30. The molecule has 2 aromatic rings. The molecule has 2 rings (SSSR count). The number of rotatable bonds is 4. The Morgan fingerprint density at radius 3 is 2.58 bits per heavy atom. The minimum atomic E-state index is -0.398. The molecule has 0 radical (unpaired) electrons. The molecule has 0 atom stereocenters. The van der Waals surface area contributed by atoms with Crippen LogP contribution in [0.3, 0.4) is 0 Å². The maximum absolute atomic E-state index is 13.6. The molecule has 0 saturated heterocycles. The van der Waals surface area contributed by atoms with Gasteiger partial charge in [-0.1, -0.05) is 37.9 Å². The second kappa shape index (κ2) is 6.50. The molecule has 2 N–H and O–H groups in total. The zero-order valence-electron chi connectivity index (χ0n) is 10.00. The predicted molar refractivity (Wildman–Crippen MR) is 81.1 cm³/mol. The Balaban J connectivity index is 2.24. The van der Waals surface area contributed by atoms with Crippen LogP contribution in [0.15, 0.2) is 45.3 Å². The second-order valence-electron chi connectivity index (χ2n) is 3.97. The van der Waals surface area contributed by atoms with E-state index in [1.54, 1.807) is 18.2 Å². The van der Waals surface area contributed by atoms with E-state index in [0.29, 0.717) is 12.3 Å². The van der Waals surface area contributed by atoms with Crippen molar-refractivity contribution >= 4 is 31.9 Å². The van der Waals surface area contributed by atoms with E-state index in [9.17, 15) is 4.39 Å². The Bertz CT molecular complexity index is 590. The molecule has 0 heterocycles. The molecule has 0 saturated carbocycles. The van der Waals surface area contributed by atoms with E-state index >= 15 is 0 Å². The summed E-state index contributed by atoms with van der Waals surface area (Å²) in [7, 11) is 0. The lowest BCUT2D eigenvalue weighted by Crippen LogP contribution is -2.03. The standard InChI is InChI=1S/C14H12Br2FNO/c15-10-2-4-13(17)14(7-10)19-11-3-1-9(5-6-18)12(16)8-11/h1-4,7-8H,5-6,18H2. The van der Waals surface area contributed by atoms with Gasteiger partial charge < -0.3 is 10.5 Å². The molecule has 0 amide bonds. The van der Waals surface area contributed by atoms with Crippen molar-refractivity contribution in [3.8, 4) is 11.5 Å². The lowest BCUT2D eigenvalue weighted by atomic mass is 10.1. The fraction of sp³-hybridized carbons (Fsp3) is 0.143. The quantitative estimate of drug-likeness (QED) is 0.827. The van der Waals surface area contributed by atoms with Crippen LogP contribution in [0.25, 0.3) is 0 Å². The van der Waals surface area contributed by atoms with Gasteiger partial charge in [0, 0.05) is 8.95 Å². The zero-order valence-corrected chi connectivity index (χ0v) is 13.2. The van der Waals surface area contributed by atoms with Crippen molar-refractivity contribution in [2.24, 2.45) is 5.73 Å². The maximum Gasteiger partial charge on any atom is 0.165 e. The smallest absolute Gasteiger partial charge is 0.165 e. The summed E-state index contributed by atoms with van der Waals surface area (Å²) in [5.41, 5.74) is 6.62. The summed E-state index contributed by atoms with van der Waals surface area (Å²) in [5.74, 6) is 0.364. The molecule has 0 aliphatic carbocycles. The van der Waals surface area contributed by atoms with Gasteiger partial charge in [-0.2, -0.15) is 0 Å². The molecule has 5 heteroatoms. The van der Waals surface area contributed by atoms with Crippen LogP contribution in [0.5, 0.6) is 11.5 Å². The minimum absolute atomic E-state index is 0.188. The van der Waals surface area contributed by atoms with Crippen LogP contribution < -0.4 is 10.5 Å². The molecule has 0 bridgehead atoms. The Morgan fingerprint density at radius 1 is 1.11 bits per heavy atom. The monoisotopic (exact) mass is 387 g/mol. The van der Waals surface area contributed by atoms with Crippen molar-refractivity contribution in [2.45, 2.75) is 6.42 Å². The summed E-state index contributed by atoms with van der Waals surface area (Å²) >= 11 is 6.74. The minimum Gasteiger partial charge on any atom is -0.454 e. The SMILES string of the molecule is NCCc1ccc(Oc2cc(Br)ccc2F)cc1Br. The summed E-state index contributed by atoms with van der Waals surface area (Å²) < 4.78 is 20.8. The normalized spacial score (nSPS) is 10.5. The first-order chi connectivity index (χ1) is 9.10. The first-order valence-electron chi connectivity index (χ1n) is 5.71. The molecule has 0 aliphatic rings. The lowest BCUT2D eigenvalue weighted by molar-refractivity contribution is 0.441. The van der Waals surface area contributed by atoms with E-state index in [1.165, 1.54) is 6.07 Å². The van der Waals surface area contributed by atoms with Gasteiger partial charge in [-0.3, -0.25) is 0 Å². The third kappa shape index (κ3) is 3.78. The fourth-order valence-corrected chi connectivity index (χ4v) is 2.53. The number of hydrogen-bond donors (Lipinski definition) is 1. The highest BCUT2D eigenvalue weighted by molar-refractivity contribution is 9.10. The number of halogens is 3. The lowest BCUT2D eigenvalue weighted by Gasteiger charge is -2.09. The summed E-state index contributed by atoms with van der Waals surface area (Å²) in [6, 6.07) is 10.1. The Kier molecular flexibility index (Phi) is 4.96. The van der Waals surface area contributed by atoms with E-state index in [2.05, 4.69) is 31.9 Å². The summed E-state index contributed by atoms with van der Waals surface area (Å²) in [5, 5.41) is 0. The Hall–Kier alpha value is -0.910. The molecule has 0 spiro atoms. The zero-order chi connectivity index (χ0) is 13.8. The average Bonchev–Trinajstić information content (AvgIpc) is 2.37. The number of nitrogens with two attached hydrogens (primary N) is 1. The fourth-order valence-electron chi connectivity index (χ4n) is 1.63. The Labute approximate surface area is 128 Å². The predicted octanol–water partition coefficient (Wildman–Crippen LogP) is 4.64. The largest absolute Gasteiger partial charge is 0.454 e. The van der Waals surface area contributed by atoms with E-state index < -0.39 is 5.82 Å². The first kappa shape index (κ1) is 14.5. The molecule has 0 aromatic heterocycles. The van der Waals surface area contributed by atoms with Crippen LogP contribution in [0.4, 0.5) is 4.39 Å². The molecule has 2 nitrogen and oxygen atoms in total. The van der Waals surface area contributed by atoms with Crippen molar-refractivity contribution < 1.29 is 9.13 Å². The number of hydrogen-bond acceptors (Lipinski definition) is 2. The van der Waals surface area contributed by atoms with Crippen molar-refractivity contribution in [1.82, 2.24) is 0 Å². The molecular formula is C14H12Br2FNO. The maximum atomic E-state index is 13.6. The molecule has 0 unspecified atom stereocenters. The van der Waals surface area contributed by atoms with Gasteiger partial charge in [-0.05, 0) is 48.9 Å². The molecule has 0 aliphatic heterocycles. The van der Waals surface area contributed by atoms with Crippen LogP contribution in [0.1, 0.15) is 5.56 Å². The van der Waals surface area contributed by atoms with Crippen LogP contribution in [0, 0.1) is 5.82 Å². The third-order valence-corrected chi connectivity index (χ3v) is 3.79. The van der Waals surface area contributed by atoms with Gasteiger partial charge in [0.25, 0.3) is 0 Å². The molecule has 100 valence electrons.